The van der Waals surface area contributed by atoms with E-state index in [1.54, 1.807) is 6.07 Å². The number of benzene rings is 3. The van der Waals surface area contributed by atoms with Gasteiger partial charge in [-0.1, -0.05) is 44.6 Å². The van der Waals surface area contributed by atoms with Gasteiger partial charge in [-0.25, -0.2) is 17.6 Å². The predicted molar refractivity (Wildman–Crippen MR) is 127 cm³/mol. The van der Waals surface area contributed by atoms with Crippen molar-refractivity contribution in [3.05, 3.63) is 94.6 Å². The third-order valence-corrected chi connectivity index (χ3v) is 6.61. The first-order valence-corrected chi connectivity index (χ1v) is 12.2. The standard InChI is InChI=1S/C29H30F4O2/c30-24-12-10-22(26(32)16-24)18-34-28-14-9-21(8-4-7-20-5-2-1-3-6-20)15-29(28)35-19-23-11-13-25(31)17-27(23)33/h9-17,20H,1-8,18-19H2. The molecule has 0 spiro atoms. The van der Waals surface area contributed by atoms with Crippen LogP contribution in [-0.4, -0.2) is 0 Å². The number of hydrogen-bond donors (Lipinski definition) is 0. The van der Waals surface area contributed by atoms with Gasteiger partial charge in [-0.2, -0.15) is 0 Å². The molecule has 0 heterocycles. The summed E-state index contributed by atoms with van der Waals surface area (Å²) in [5, 5.41) is 0. The predicted octanol–water partition coefficient (Wildman–Crippen LogP) is 8.30. The smallest absolute Gasteiger partial charge is 0.161 e. The van der Waals surface area contributed by atoms with Crippen LogP contribution in [0.4, 0.5) is 17.6 Å². The molecule has 0 unspecified atom stereocenters. The minimum Gasteiger partial charge on any atom is -0.485 e. The molecule has 0 aromatic heterocycles. The molecule has 3 aromatic carbocycles. The molecular weight excluding hydrogens is 456 g/mol. The van der Waals surface area contributed by atoms with E-state index in [4.69, 9.17) is 9.47 Å². The van der Waals surface area contributed by atoms with E-state index in [-0.39, 0.29) is 24.3 Å². The van der Waals surface area contributed by atoms with Gasteiger partial charge in [0.1, 0.15) is 36.5 Å². The first-order valence-electron chi connectivity index (χ1n) is 12.2. The average Bonchev–Trinajstić information content (AvgIpc) is 2.84. The fraction of sp³-hybridized carbons (Fsp3) is 0.379. The number of hydrogen-bond acceptors (Lipinski definition) is 2. The van der Waals surface area contributed by atoms with Crippen molar-refractivity contribution in [3.8, 4) is 11.5 Å². The van der Waals surface area contributed by atoms with Crippen molar-refractivity contribution in [2.24, 2.45) is 5.92 Å². The molecule has 1 aliphatic rings. The van der Waals surface area contributed by atoms with Crippen LogP contribution in [0.25, 0.3) is 0 Å². The maximum atomic E-state index is 14.1. The number of ether oxygens (including phenoxy) is 2. The van der Waals surface area contributed by atoms with Gasteiger partial charge in [0.15, 0.2) is 11.5 Å². The molecule has 0 amide bonds. The number of aryl methyl sites for hydroxylation is 1. The zero-order valence-electron chi connectivity index (χ0n) is 19.7. The lowest BCUT2D eigenvalue weighted by Gasteiger charge is -2.21. The van der Waals surface area contributed by atoms with Crippen molar-refractivity contribution < 1.29 is 27.0 Å². The highest BCUT2D eigenvalue weighted by Gasteiger charge is 2.15. The molecule has 3 aromatic rings. The fourth-order valence-electron chi connectivity index (χ4n) is 4.60. The van der Waals surface area contributed by atoms with Gasteiger partial charge in [-0.3, -0.25) is 0 Å². The molecule has 0 bridgehead atoms. The molecule has 0 saturated heterocycles. The van der Waals surface area contributed by atoms with Crippen LogP contribution in [0.3, 0.4) is 0 Å². The SMILES string of the molecule is Fc1ccc(COc2ccc(CCCC3CCCCC3)cc2OCc2ccc(F)cc2F)c(F)c1. The molecule has 1 aliphatic carbocycles. The summed E-state index contributed by atoms with van der Waals surface area (Å²) in [4.78, 5) is 0. The molecule has 186 valence electrons. The topological polar surface area (TPSA) is 18.5 Å². The van der Waals surface area contributed by atoms with Gasteiger partial charge in [0.25, 0.3) is 0 Å². The highest BCUT2D eigenvalue weighted by molar-refractivity contribution is 5.43. The first kappa shape index (κ1) is 25.1. The number of rotatable bonds is 10. The normalized spacial score (nSPS) is 14.2. The van der Waals surface area contributed by atoms with E-state index < -0.39 is 23.3 Å². The molecule has 4 rings (SSSR count). The summed E-state index contributed by atoms with van der Waals surface area (Å²) < 4.78 is 66.3. The minimum absolute atomic E-state index is 0.112. The summed E-state index contributed by atoms with van der Waals surface area (Å²) in [6.45, 7) is -0.229. The highest BCUT2D eigenvalue weighted by Crippen LogP contribution is 2.32. The van der Waals surface area contributed by atoms with E-state index >= 15 is 0 Å². The van der Waals surface area contributed by atoms with Gasteiger partial charge in [-0.05, 0) is 60.7 Å². The van der Waals surface area contributed by atoms with Gasteiger partial charge in [-0.15, -0.1) is 0 Å². The third-order valence-electron chi connectivity index (χ3n) is 6.61. The molecule has 6 heteroatoms. The van der Waals surface area contributed by atoms with Crippen molar-refractivity contribution in [1.29, 1.82) is 0 Å². The summed E-state index contributed by atoms with van der Waals surface area (Å²) in [6.07, 6.45) is 9.75. The van der Waals surface area contributed by atoms with E-state index in [2.05, 4.69) is 0 Å². The van der Waals surface area contributed by atoms with E-state index in [0.29, 0.717) is 11.5 Å². The Bertz CT molecular complexity index is 1130. The van der Waals surface area contributed by atoms with Crippen LogP contribution in [-0.2, 0) is 19.6 Å². The molecule has 1 saturated carbocycles. The summed E-state index contributed by atoms with van der Waals surface area (Å²) in [5.74, 6) is -1.14. The van der Waals surface area contributed by atoms with Crippen molar-refractivity contribution in [2.75, 3.05) is 0 Å². The van der Waals surface area contributed by atoms with Crippen molar-refractivity contribution in [1.82, 2.24) is 0 Å². The Balaban J connectivity index is 1.45. The van der Waals surface area contributed by atoms with Crippen LogP contribution >= 0.6 is 0 Å². The molecule has 0 aliphatic heterocycles. The zero-order chi connectivity index (χ0) is 24.6. The second kappa shape index (κ2) is 12.1. The Morgan fingerprint density at radius 1 is 0.657 bits per heavy atom. The largest absolute Gasteiger partial charge is 0.485 e. The highest BCUT2D eigenvalue weighted by atomic mass is 19.1. The molecule has 2 nitrogen and oxygen atoms in total. The zero-order valence-corrected chi connectivity index (χ0v) is 19.7. The van der Waals surface area contributed by atoms with Crippen molar-refractivity contribution in [2.45, 2.75) is 64.6 Å². The Morgan fingerprint density at radius 2 is 1.26 bits per heavy atom. The van der Waals surface area contributed by atoms with Crippen molar-refractivity contribution >= 4 is 0 Å². The summed E-state index contributed by atoms with van der Waals surface area (Å²) >= 11 is 0. The summed E-state index contributed by atoms with van der Waals surface area (Å²) in [7, 11) is 0. The number of halogens is 4. The quantitative estimate of drug-likeness (QED) is 0.268. The average molecular weight is 487 g/mol. The molecular formula is C29H30F4O2. The summed E-state index contributed by atoms with van der Waals surface area (Å²) in [6, 6.07) is 12.2. The second-order valence-corrected chi connectivity index (χ2v) is 9.23. The van der Waals surface area contributed by atoms with Crippen LogP contribution in [0.1, 0.15) is 61.6 Å². The fourth-order valence-corrected chi connectivity index (χ4v) is 4.60. The van der Waals surface area contributed by atoms with Gasteiger partial charge >= 0.3 is 0 Å². The van der Waals surface area contributed by atoms with Crippen LogP contribution < -0.4 is 9.47 Å². The lowest BCUT2D eigenvalue weighted by atomic mass is 9.85. The minimum atomic E-state index is -0.694. The third kappa shape index (κ3) is 7.23. The van der Waals surface area contributed by atoms with Crippen LogP contribution in [0, 0.1) is 29.2 Å². The molecule has 0 atom stereocenters. The van der Waals surface area contributed by atoms with Gasteiger partial charge in [0.2, 0.25) is 0 Å². The van der Waals surface area contributed by atoms with E-state index in [0.717, 1.165) is 36.5 Å². The Morgan fingerprint density at radius 3 is 1.86 bits per heavy atom. The van der Waals surface area contributed by atoms with Gasteiger partial charge in [0, 0.05) is 23.3 Å². The maximum absolute atomic E-state index is 14.1. The molecule has 1 fully saturated rings. The van der Waals surface area contributed by atoms with Gasteiger partial charge in [0.05, 0.1) is 0 Å². The molecule has 0 N–H and O–H groups in total. The van der Waals surface area contributed by atoms with E-state index in [1.165, 1.54) is 62.8 Å². The Labute approximate surface area is 203 Å². The van der Waals surface area contributed by atoms with Gasteiger partial charge < -0.3 is 9.47 Å². The lowest BCUT2D eigenvalue weighted by Crippen LogP contribution is -2.06. The monoisotopic (exact) mass is 486 g/mol. The molecule has 0 radical (unpaired) electrons. The Hall–Kier alpha value is -3.02. The Kier molecular flexibility index (Phi) is 8.67. The first-order chi connectivity index (χ1) is 17.0. The summed E-state index contributed by atoms with van der Waals surface area (Å²) in [5.41, 5.74) is 1.49. The van der Waals surface area contributed by atoms with Crippen LogP contribution in [0.15, 0.2) is 54.6 Å². The van der Waals surface area contributed by atoms with E-state index in [9.17, 15) is 17.6 Å². The van der Waals surface area contributed by atoms with Crippen LogP contribution in [0.5, 0.6) is 11.5 Å². The molecule has 35 heavy (non-hydrogen) atoms. The van der Waals surface area contributed by atoms with Crippen LogP contribution in [0.2, 0.25) is 0 Å². The maximum Gasteiger partial charge on any atom is 0.161 e. The lowest BCUT2D eigenvalue weighted by molar-refractivity contribution is 0.250. The second-order valence-electron chi connectivity index (χ2n) is 9.23. The van der Waals surface area contributed by atoms with Crippen molar-refractivity contribution in [3.63, 3.8) is 0 Å². The van der Waals surface area contributed by atoms with E-state index in [1.807, 2.05) is 12.1 Å².